The Hall–Kier alpha value is 0.540. The molecule has 1 nitrogen and oxygen atoms in total. The molecule has 0 aromatic heterocycles. The molecule has 0 aromatic carbocycles. The van der Waals surface area contributed by atoms with Crippen LogP contribution in [0.3, 0.4) is 0 Å². The topological polar surface area (TPSA) is 12.5 Å². The second-order valence-electron chi connectivity index (χ2n) is 1.69. The van der Waals surface area contributed by atoms with Crippen molar-refractivity contribution in [2.75, 3.05) is 6.61 Å². The summed E-state index contributed by atoms with van der Waals surface area (Å²) >= 11 is 11.2. The van der Waals surface area contributed by atoms with Crippen molar-refractivity contribution in [2.45, 2.75) is 17.4 Å². The van der Waals surface area contributed by atoms with E-state index >= 15 is 0 Å². The lowest BCUT2D eigenvalue weighted by Gasteiger charge is -2.01. The molecule has 1 fully saturated rings. The highest BCUT2D eigenvalue weighted by molar-refractivity contribution is 6.32. The van der Waals surface area contributed by atoms with Gasteiger partial charge in [-0.2, -0.15) is 0 Å². The first kappa shape index (κ1) is 5.67. The van der Waals surface area contributed by atoms with Crippen LogP contribution in [0.4, 0.5) is 0 Å². The maximum absolute atomic E-state index is 5.62. The van der Waals surface area contributed by atoms with Crippen LogP contribution in [0.1, 0.15) is 6.92 Å². The summed E-state index contributed by atoms with van der Waals surface area (Å²) in [6.07, 6.45) is 0. The predicted molar refractivity (Wildman–Crippen MR) is 29.9 cm³/mol. The number of rotatable bonds is 1. The molecule has 1 saturated heterocycles. The molecule has 0 aliphatic carbocycles. The quantitative estimate of drug-likeness (QED) is 0.399. The van der Waals surface area contributed by atoms with Crippen LogP contribution in [-0.4, -0.2) is 17.0 Å². The highest BCUT2D eigenvalue weighted by Gasteiger charge is 2.47. The van der Waals surface area contributed by atoms with Gasteiger partial charge in [-0.15, -0.1) is 11.6 Å². The summed E-state index contributed by atoms with van der Waals surface area (Å²) in [6, 6.07) is 0. The van der Waals surface area contributed by atoms with Gasteiger partial charge in [-0.3, -0.25) is 0 Å². The van der Waals surface area contributed by atoms with E-state index in [0.717, 1.165) is 0 Å². The van der Waals surface area contributed by atoms with E-state index in [-0.39, 0.29) is 5.38 Å². The molecular weight excluding hydrogens is 135 g/mol. The van der Waals surface area contributed by atoms with Crippen molar-refractivity contribution in [3.8, 4) is 0 Å². The van der Waals surface area contributed by atoms with Gasteiger partial charge in [-0.05, 0) is 6.92 Å². The maximum Gasteiger partial charge on any atom is 0.181 e. The summed E-state index contributed by atoms with van der Waals surface area (Å²) in [5.41, 5.74) is 0. The van der Waals surface area contributed by atoms with Gasteiger partial charge in [-0.25, -0.2) is 0 Å². The van der Waals surface area contributed by atoms with Crippen molar-refractivity contribution < 1.29 is 4.74 Å². The van der Waals surface area contributed by atoms with E-state index in [9.17, 15) is 0 Å². The van der Waals surface area contributed by atoms with Crippen LogP contribution in [-0.2, 0) is 4.74 Å². The smallest absolute Gasteiger partial charge is 0.181 e. The van der Waals surface area contributed by atoms with E-state index in [0.29, 0.717) is 6.61 Å². The normalized spacial score (nSPS) is 43.3. The van der Waals surface area contributed by atoms with Gasteiger partial charge in [0, 0.05) is 0 Å². The zero-order valence-electron chi connectivity index (χ0n) is 3.95. The lowest BCUT2D eigenvalue weighted by Crippen LogP contribution is -2.12. The van der Waals surface area contributed by atoms with Gasteiger partial charge in [0.1, 0.15) is 0 Å². The Morgan fingerprint density at radius 1 is 1.86 bits per heavy atom. The first-order chi connectivity index (χ1) is 3.15. The number of hydrogen-bond donors (Lipinski definition) is 0. The van der Waals surface area contributed by atoms with Crippen LogP contribution in [0.5, 0.6) is 0 Å². The van der Waals surface area contributed by atoms with Crippen LogP contribution < -0.4 is 0 Å². The Labute approximate surface area is 52.5 Å². The number of hydrogen-bond acceptors (Lipinski definition) is 1. The van der Waals surface area contributed by atoms with Gasteiger partial charge >= 0.3 is 0 Å². The second kappa shape index (κ2) is 1.51. The fraction of sp³-hybridized carbons (Fsp3) is 1.00. The second-order valence-corrected chi connectivity index (χ2v) is 2.99. The van der Waals surface area contributed by atoms with Gasteiger partial charge in [0.25, 0.3) is 0 Å². The molecule has 1 aliphatic heterocycles. The molecule has 1 aliphatic rings. The summed E-state index contributed by atoms with van der Waals surface area (Å²) in [5, 5.41) is -0.587. The molecule has 2 atom stereocenters. The van der Waals surface area contributed by atoms with E-state index in [1.807, 2.05) is 6.92 Å². The minimum Gasteiger partial charge on any atom is -0.351 e. The Balaban J connectivity index is 2.39. The van der Waals surface area contributed by atoms with Gasteiger partial charge in [-0.1, -0.05) is 11.6 Å². The fourth-order valence-electron chi connectivity index (χ4n) is 0.299. The molecule has 0 radical (unpaired) electrons. The van der Waals surface area contributed by atoms with Gasteiger partial charge < -0.3 is 4.74 Å². The van der Waals surface area contributed by atoms with Crippen molar-refractivity contribution in [3.05, 3.63) is 0 Å². The van der Waals surface area contributed by atoms with Gasteiger partial charge in [0.05, 0.1) is 12.0 Å². The Morgan fingerprint density at radius 2 is 2.29 bits per heavy atom. The Bertz CT molecular complexity index is 77.8. The maximum atomic E-state index is 5.62. The minimum atomic E-state index is -0.512. The summed E-state index contributed by atoms with van der Waals surface area (Å²) in [5.74, 6) is 0. The minimum absolute atomic E-state index is 0.0748. The average Bonchev–Trinajstić information content (AvgIpc) is 2.21. The molecule has 0 bridgehead atoms. The summed E-state index contributed by atoms with van der Waals surface area (Å²) in [7, 11) is 0. The van der Waals surface area contributed by atoms with Crippen molar-refractivity contribution in [3.63, 3.8) is 0 Å². The molecule has 0 saturated carbocycles. The highest BCUT2D eigenvalue weighted by Crippen LogP contribution is 2.37. The Kier molecular flexibility index (Phi) is 1.22. The van der Waals surface area contributed by atoms with E-state index < -0.39 is 5.06 Å². The molecule has 3 heteroatoms. The molecular formula is C4H6Cl2O. The monoisotopic (exact) mass is 140 g/mol. The van der Waals surface area contributed by atoms with Gasteiger partial charge in [0.15, 0.2) is 5.06 Å². The molecule has 7 heavy (non-hydrogen) atoms. The van der Waals surface area contributed by atoms with Crippen LogP contribution in [0, 0.1) is 0 Å². The van der Waals surface area contributed by atoms with Crippen molar-refractivity contribution in [2.24, 2.45) is 0 Å². The van der Waals surface area contributed by atoms with Crippen molar-refractivity contribution in [1.29, 1.82) is 0 Å². The van der Waals surface area contributed by atoms with Crippen molar-refractivity contribution in [1.82, 2.24) is 0 Å². The van der Waals surface area contributed by atoms with Gasteiger partial charge in [0.2, 0.25) is 0 Å². The molecule has 0 aromatic rings. The van der Waals surface area contributed by atoms with Crippen molar-refractivity contribution >= 4 is 23.2 Å². The van der Waals surface area contributed by atoms with E-state index in [1.54, 1.807) is 0 Å². The largest absolute Gasteiger partial charge is 0.351 e. The predicted octanol–water partition coefficient (Wildman–Crippen LogP) is 1.58. The lowest BCUT2D eigenvalue weighted by atomic mass is 10.4. The standard InChI is InChI=1S/C4H6Cl2O/c1-3(5)4(6)2-7-4/h3H,2H2,1H3. The average molecular weight is 141 g/mol. The van der Waals surface area contributed by atoms with Crippen LogP contribution in [0.25, 0.3) is 0 Å². The molecule has 0 spiro atoms. The zero-order chi connectivity index (χ0) is 5.49. The number of alkyl halides is 2. The fourth-order valence-corrected chi connectivity index (χ4v) is 0.479. The van der Waals surface area contributed by atoms with E-state index in [2.05, 4.69) is 0 Å². The summed E-state index contributed by atoms with van der Waals surface area (Å²) < 4.78 is 4.79. The molecule has 1 rings (SSSR count). The Morgan fingerprint density at radius 3 is 2.29 bits per heavy atom. The van der Waals surface area contributed by atoms with Crippen LogP contribution >= 0.6 is 23.2 Å². The number of halogens is 2. The molecule has 1 heterocycles. The number of epoxide rings is 1. The van der Waals surface area contributed by atoms with Crippen LogP contribution in [0.15, 0.2) is 0 Å². The zero-order valence-corrected chi connectivity index (χ0v) is 5.46. The van der Waals surface area contributed by atoms with E-state index in [4.69, 9.17) is 27.9 Å². The first-order valence-corrected chi connectivity index (χ1v) is 2.93. The molecule has 0 amide bonds. The third-order valence-electron chi connectivity index (χ3n) is 1.01. The van der Waals surface area contributed by atoms with Crippen LogP contribution in [0.2, 0.25) is 0 Å². The van der Waals surface area contributed by atoms with E-state index in [1.165, 1.54) is 0 Å². The summed E-state index contributed by atoms with van der Waals surface area (Å²) in [6.45, 7) is 2.42. The molecule has 2 unspecified atom stereocenters. The highest BCUT2D eigenvalue weighted by atomic mass is 35.5. The third kappa shape index (κ3) is 1.01. The summed E-state index contributed by atoms with van der Waals surface area (Å²) in [4.78, 5) is 0. The molecule has 0 N–H and O–H groups in total. The molecule has 42 valence electrons. The third-order valence-corrected chi connectivity index (χ3v) is 2.02. The number of ether oxygens (including phenoxy) is 1. The SMILES string of the molecule is CC(Cl)C1(Cl)CO1. The first-order valence-electron chi connectivity index (χ1n) is 2.12. The lowest BCUT2D eigenvalue weighted by molar-refractivity contribution is 0.376.